The van der Waals surface area contributed by atoms with Crippen molar-refractivity contribution in [3.8, 4) is 16.9 Å². The Morgan fingerprint density at radius 3 is 2.24 bits per heavy atom. The maximum atomic E-state index is 13.0. The Morgan fingerprint density at radius 1 is 1.04 bits per heavy atom. The van der Waals surface area contributed by atoms with Crippen LogP contribution in [-0.2, 0) is 4.74 Å². The Labute approximate surface area is 145 Å². The van der Waals surface area contributed by atoms with Crippen molar-refractivity contribution in [3.05, 3.63) is 76.8 Å². The quantitative estimate of drug-likeness (QED) is 0.794. The van der Waals surface area contributed by atoms with E-state index in [1.54, 1.807) is 18.4 Å². The van der Waals surface area contributed by atoms with E-state index in [0.29, 0.717) is 11.4 Å². The minimum absolute atomic E-state index is 0.227. The lowest BCUT2D eigenvalue weighted by Crippen LogP contribution is -2.34. The van der Waals surface area contributed by atoms with Gasteiger partial charge in [-0.1, -0.05) is 48.5 Å². The lowest BCUT2D eigenvalue weighted by Gasteiger charge is -2.08. The molecule has 0 aliphatic carbocycles. The number of benzene rings is 2. The van der Waals surface area contributed by atoms with Crippen molar-refractivity contribution >= 4 is 6.09 Å². The van der Waals surface area contributed by atoms with E-state index in [4.69, 9.17) is 4.74 Å². The van der Waals surface area contributed by atoms with Crippen LogP contribution in [0.4, 0.5) is 4.79 Å². The average molecular weight is 337 g/mol. The Bertz CT molecular complexity index is 928. The van der Waals surface area contributed by atoms with Gasteiger partial charge < -0.3 is 4.74 Å². The Morgan fingerprint density at radius 2 is 1.64 bits per heavy atom. The van der Waals surface area contributed by atoms with Crippen molar-refractivity contribution in [3.63, 3.8) is 0 Å². The summed E-state index contributed by atoms with van der Waals surface area (Å²) in [5.74, 6) is 0. The van der Waals surface area contributed by atoms with E-state index >= 15 is 0 Å². The van der Waals surface area contributed by atoms with E-state index in [9.17, 15) is 9.59 Å². The van der Waals surface area contributed by atoms with Crippen LogP contribution in [0.1, 0.15) is 12.6 Å². The van der Waals surface area contributed by atoms with E-state index in [1.807, 2.05) is 60.7 Å². The number of hydrogen-bond donors (Lipinski definition) is 1. The zero-order chi connectivity index (χ0) is 17.8. The van der Waals surface area contributed by atoms with Gasteiger partial charge in [-0.25, -0.2) is 19.7 Å². The van der Waals surface area contributed by atoms with Crippen molar-refractivity contribution in [1.29, 1.82) is 0 Å². The number of aromatic nitrogens is 2. The largest absolute Gasteiger partial charge is 0.449 e. The maximum Gasteiger partial charge on any atom is 0.426 e. The highest BCUT2D eigenvalue weighted by Gasteiger charge is 2.21. The number of carbonyl (C=O) groups is 1. The summed E-state index contributed by atoms with van der Waals surface area (Å²) >= 11 is 0. The van der Waals surface area contributed by atoms with Crippen LogP contribution in [0.25, 0.3) is 16.9 Å². The van der Waals surface area contributed by atoms with Crippen LogP contribution in [0.2, 0.25) is 0 Å². The molecule has 0 saturated heterocycles. The first-order valence-corrected chi connectivity index (χ1v) is 8.02. The van der Waals surface area contributed by atoms with E-state index in [0.717, 1.165) is 11.3 Å². The molecule has 0 spiro atoms. The first kappa shape index (κ1) is 16.6. The molecular formula is C19H19N3O3. The summed E-state index contributed by atoms with van der Waals surface area (Å²) in [4.78, 5) is 24.8. The molecule has 0 atom stereocenters. The molecule has 25 heavy (non-hydrogen) atoms. The summed E-state index contributed by atoms with van der Waals surface area (Å²) in [6.07, 6.45) is -0.669. The minimum Gasteiger partial charge on any atom is -0.449 e. The number of rotatable bonds is 4. The molecule has 0 fully saturated rings. The van der Waals surface area contributed by atoms with Crippen LogP contribution in [0, 0.1) is 6.92 Å². The lowest BCUT2D eigenvalue weighted by atomic mass is 10.1. The van der Waals surface area contributed by atoms with Crippen molar-refractivity contribution in [1.82, 2.24) is 9.24 Å². The van der Waals surface area contributed by atoms with E-state index in [2.05, 4.69) is 5.43 Å². The third-order valence-electron chi connectivity index (χ3n) is 3.82. The maximum absolute atomic E-state index is 13.0. The molecule has 1 amide bonds. The summed E-state index contributed by atoms with van der Waals surface area (Å²) in [5, 5.41) is 0. The highest BCUT2D eigenvalue weighted by Crippen LogP contribution is 2.25. The number of carbonyl (C=O) groups excluding carboxylic acids is 1. The molecule has 2 aromatic carbocycles. The van der Waals surface area contributed by atoms with Gasteiger partial charge in [-0.05, 0) is 26.0 Å². The smallest absolute Gasteiger partial charge is 0.426 e. The number of imidazole rings is 1. The van der Waals surface area contributed by atoms with E-state index in [1.165, 1.54) is 4.68 Å². The zero-order valence-corrected chi connectivity index (χ0v) is 14.1. The summed E-state index contributed by atoms with van der Waals surface area (Å²) in [6, 6.07) is 18.9. The molecule has 0 aliphatic rings. The first-order valence-electron chi connectivity index (χ1n) is 8.02. The van der Waals surface area contributed by atoms with Crippen molar-refractivity contribution < 1.29 is 9.53 Å². The standard InChI is InChI=1S/C19H19N3O3/c1-3-25-18(23)20-22-14(2)17(15-10-6-4-7-11-15)21(19(22)24)16-12-8-5-9-13-16/h4-13H,3H2,1-2H3,(H,20,23). The summed E-state index contributed by atoms with van der Waals surface area (Å²) in [7, 11) is 0. The van der Waals surface area contributed by atoms with Gasteiger partial charge in [0.05, 0.1) is 23.7 Å². The summed E-state index contributed by atoms with van der Waals surface area (Å²) in [6.45, 7) is 3.72. The fourth-order valence-electron chi connectivity index (χ4n) is 2.74. The molecule has 6 heteroatoms. The molecule has 1 heterocycles. The Kier molecular flexibility index (Phi) is 4.70. The molecule has 128 valence electrons. The van der Waals surface area contributed by atoms with Crippen LogP contribution in [0.3, 0.4) is 0 Å². The van der Waals surface area contributed by atoms with Gasteiger partial charge in [0.15, 0.2) is 0 Å². The third-order valence-corrected chi connectivity index (χ3v) is 3.82. The van der Waals surface area contributed by atoms with Gasteiger partial charge in [0.1, 0.15) is 0 Å². The topological polar surface area (TPSA) is 65.3 Å². The van der Waals surface area contributed by atoms with Crippen LogP contribution < -0.4 is 11.1 Å². The third kappa shape index (κ3) is 3.19. The molecule has 0 unspecified atom stereocenters. The van der Waals surface area contributed by atoms with E-state index in [-0.39, 0.29) is 12.3 Å². The van der Waals surface area contributed by atoms with Crippen LogP contribution in [-0.4, -0.2) is 21.9 Å². The van der Waals surface area contributed by atoms with Crippen LogP contribution in [0.15, 0.2) is 65.5 Å². The number of amides is 1. The fraction of sp³-hybridized carbons (Fsp3) is 0.158. The van der Waals surface area contributed by atoms with Crippen LogP contribution in [0.5, 0.6) is 0 Å². The highest BCUT2D eigenvalue weighted by molar-refractivity contribution is 5.76. The molecule has 6 nitrogen and oxygen atoms in total. The van der Waals surface area contributed by atoms with Crippen molar-refractivity contribution in [2.45, 2.75) is 13.8 Å². The summed E-state index contributed by atoms with van der Waals surface area (Å²) in [5.41, 5.74) is 5.07. The Hall–Kier alpha value is -3.28. The van der Waals surface area contributed by atoms with Gasteiger partial charge in [-0.15, -0.1) is 0 Å². The van der Waals surface area contributed by atoms with Gasteiger partial charge in [-0.3, -0.25) is 4.57 Å². The molecule has 1 N–H and O–H groups in total. The lowest BCUT2D eigenvalue weighted by molar-refractivity contribution is 0.164. The van der Waals surface area contributed by atoms with Crippen molar-refractivity contribution in [2.75, 3.05) is 12.0 Å². The second-order valence-electron chi connectivity index (χ2n) is 5.42. The molecule has 0 radical (unpaired) electrons. The van der Waals surface area contributed by atoms with Gasteiger partial charge in [0.25, 0.3) is 0 Å². The number of nitrogens with zero attached hydrogens (tertiary/aromatic N) is 2. The van der Waals surface area contributed by atoms with Gasteiger partial charge >= 0.3 is 11.8 Å². The van der Waals surface area contributed by atoms with Gasteiger partial charge in [0, 0.05) is 5.56 Å². The number of hydrogen-bond acceptors (Lipinski definition) is 3. The minimum atomic E-state index is -0.669. The van der Waals surface area contributed by atoms with Gasteiger partial charge in [0.2, 0.25) is 0 Å². The molecule has 0 aliphatic heterocycles. The molecule has 3 aromatic rings. The molecule has 0 bridgehead atoms. The zero-order valence-electron chi connectivity index (χ0n) is 14.1. The number of para-hydroxylation sites is 1. The van der Waals surface area contributed by atoms with Gasteiger partial charge in [-0.2, -0.15) is 0 Å². The molecular weight excluding hydrogens is 318 g/mol. The number of ether oxygens (including phenoxy) is 1. The molecule has 3 rings (SSSR count). The van der Waals surface area contributed by atoms with Crippen LogP contribution >= 0.6 is 0 Å². The van der Waals surface area contributed by atoms with Crippen molar-refractivity contribution in [2.24, 2.45) is 0 Å². The fourth-order valence-corrected chi connectivity index (χ4v) is 2.74. The second-order valence-corrected chi connectivity index (χ2v) is 5.42. The monoisotopic (exact) mass is 337 g/mol. The van der Waals surface area contributed by atoms with E-state index < -0.39 is 6.09 Å². The molecule has 1 aromatic heterocycles. The molecule has 0 saturated carbocycles. The highest BCUT2D eigenvalue weighted by atomic mass is 16.6. The Balaban J connectivity index is 2.22. The predicted octanol–water partition coefficient (Wildman–Crippen LogP) is 3.31. The predicted molar refractivity (Wildman–Crippen MR) is 96.6 cm³/mol. The summed E-state index contributed by atoms with van der Waals surface area (Å²) < 4.78 is 7.69. The second kappa shape index (κ2) is 7.09. The normalized spacial score (nSPS) is 10.5. The average Bonchev–Trinajstić information content (AvgIpc) is 2.88. The first-order chi connectivity index (χ1) is 12.1. The number of nitrogens with one attached hydrogen (secondary N) is 1. The SMILES string of the molecule is CCOC(=O)Nn1c(C)c(-c2ccccc2)n(-c2ccccc2)c1=O.